The molecule has 2 nitrogen and oxygen atoms in total. The van der Waals surface area contributed by atoms with Crippen molar-refractivity contribution in [1.29, 1.82) is 0 Å². The first kappa shape index (κ1) is 11.2. The fourth-order valence-corrected chi connectivity index (χ4v) is 2.32. The minimum atomic E-state index is 0.151. The molecule has 1 aliphatic carbocycles. The SMILES string of the molecule is O=C(Cc1ccccc1)NCC1CCCC1. The zero-order valence-electron chi connectivity index (χ0n) is 9.61. The molecule has 0 aliphatic heterocycles. The van der Waals surface area contributed by atoms with Gasteiger partial charge in [-0.25, -0.2) is 0 Å². The molecule has 0 atom stereocenters. The molecule has 16 heavy (non-hydrogen) atoms. The van der Waals surface area contributed by atoms with E-state index in [1.54, 1.807) is 0 Å². The molecule has 0 spiro atoms. The Kier molecular flexibility index (Phi) is 3.97. The van der Waals surface area contributed by atoms with Crippen LogP contribution in [0.3, 0.4) is 0 Å². The van der Waals surface area contributed by atoms with Crippen LogP contribution in [0.15, 0.2) is 30.3 Å². The van der Waals surface area contributed by atoms with Gasteiger partial charge in [0.1, 0.15) is 0 Å². The number of carbonyl (C=O) groups excluding carboxylic acids is 1. The Morgan fingerprint density at radius 2 is 1.88 bits per heavy atom. The molecule has 2 rings (SSSR count). The van der Waals surface area contributed by atoms with Crippen LogP contribution in [-0.2, 0) is 11.2 Å². The summed E-state index contributed by atoms with van der Waals surface area (Å²) < 4.78 is 0. The Hall–Kier alpha value is -1.31. The van der Waals surface area contributed by atoms with Crippen LogP contribution in [0.4, 0.5) is 0 Å². The van der Waals surface area contributed by atoms with Crippen LogP contribution in [0.5, 0.6) is 0 Å². The van der Waals surface area contributed by atoms with Crippen molar-refractivity contribution in [2.75, 3.05) is 6.54 Å². The van der Waals surface area contributed by atoms with Crippen molar-refractivity contribution in [2.24, 2.45) is 5.92 Å². The van der Waals surface area contributed by atoms with Crippen molar-refractivity contribution >= 4 is 5.91 Å². The largest absolute Gasteiger partial charge is 0.356 e. The predicted molar refractivity (Wildman–Crippen MR) is 65.1 cm³/mol. The summed E-state index contributed by atoms with van der Waals surface area (Å²) in [7, 11) is 0. The Balaban J connectivity index is 1.72. The molecule has 0 saturated heterocycles. The van der Waals surface area contributed by atoms with Crippen molar-refractivity contribution in [1.82, 2.24) is 5.32 Å². The van der Waals surface area contributed by atoms with Crippen molar-refractivity contribution < 1.29 is 4.79 Å². The molecule has 0 radical (unpaired) electrons. The minimum absolute atomic E-state index is 0.151. The summed E-state index contributed by atoms with van der Waals surface area (Å²) in [5, 5.41) is 3.03. The lowest BCUT2D eigenvalue weighted by atomic mass is 10.1. The van der Waals surface area contributed by atoms with E-state index >= 15 is 0 Å². The number of nitrogens with one attached hydrogen (secondary N) is 1. The molecule has 1 aliphatic rings. The number of hydrogen-bond donors (Lipinski definition) is 1. The molecule has 1 N–H and O–H groups in total. The van der Waals surface area contributed by atoms with Crippen LogP contribution in [-0.4, -0.2) is 12.5 Å². The van der Waals surface area contributed by atoms with Crippen LogP contribution in [0.25, 0.3) is 0 Å². The van der Waals surface area contributed by atoms with Gasteiger partial charge < -0.3 is 5.32 Å². The fraction of sp³-hybridized carbons (Fsp3) is 0.500. The maximum atomic E-state index is 11.7. The smallest absolute Gasteiger partial charge is 0.224 e. The molecule has 1 fully saturated rings. The highest BCUT2D eigenvalue weighted by atomic mass is 16.1. The van der Waals surface area contributed by atoms with Crippen LogP contribution < -0.4 is 5.32 Å². The van der Waals surface area contributed by atoms with Crippen LogP contribution in [0, 0.1) is 5.92 Å². The number of carbonyl (C=O) groups is 1. The molecule has 1 aromatic carbocycles. The van der Waals surface area contributed by atoms with Gasteiger partial charge in [-0.2, -0.15) is 0 Å². The quantitative estimate of drug-likeness (QED) is 0.825. The molecule has 86 valence electrons. The Labute approximate surface area is 97.1 Å². The first-order valence-electron chi connectivity index (χ1n) is 6.15. The van der Waals surface area contributed by atoms with E-state index < -0.39 is 0 Å². The van der Waals surface area contributed by atoms with E-state index in [1.165, 1.54) is 25.7 Å². The van der Waals surface area contributed by atoms with E-state index in [9.17, 15) is 4.79 Å². The number of amides is 1. The first-order chi connectivity index (χ1) is 7.84. The Morgan fingerprint density at radius 3 is 2.56 bits per heavy atom. The van der Waals surface area contributed by atoms with Gasteiger partial charge in [-0.15, -0.1) is 0 Å². The van der Waals surface area contributed by atoms with E-state index in [1.807, 2.05) is 30.3 Å². The summed E-state index contributed by atoms with van der Waals surface area (Å²) in [4.78, 5) is 11.7. The zero-order chi connectivity index (χ0) is 11.2. The molecular weight excluding hydrogens is 198 g/mol. The third-order valence-electron chi connectivity index (χ3n) is 3.27. The first-order valence-corrected chi connectivity index (χ1v) is 6.15. The minimum Gasteiger partial charge on any atom is -0.356 e. The van der Waals surface area contributed by atoms with Crippen molar-refractivity contribution in [3.05, 3.63) is 35.9 Å². The molecule has 0 unspecified atom stereocenters. The average Bonchev–Trinajstić information content (AvgIpc) is 2.81. The van der Waals surface area contributed by atoms with Gasteiger partial charge in [-0.05, 0) is 24.3 Å². The summed E-state index contributed by atoms with van der Waals surface area (Å²) in [6.07, 6.45) is 5.74. The summed E-state index contributed by atoms with van der Waals surface area (Å²) >= 11 is 0. The standard InChI is InChI=1S/C14H19NO/c16-14(10-12-6-2-1-3-7-12)15-11-13-8-4-5-9-13/h1-3,6-7,13H,4-5,8-11H2,(H,15,16). The molecule has 0 heterocycles. The molecule has 1 amide bonds. The van der Waals surface area contributed by atoms with Crippen molar-refractivity contribution in [3.8, 4) is 0 Å². The summed E-state index contributed by atoms with van der Waals surface area (Å²) in [5.41, 5.74) is 1.09. The van der Waals surface area contributed by atoms with Gasteiger partial charge in [-0.3, -0.25) is 4.79 Å². The second-order valence-corrected chi connectivity index (χ2v) is 4.62. The van der Waals surface area contributed by atoms with Gasteiger partial charge in [0.2, 0.25) is 5.91 Å². The molecule has 0 aromatic heterocycles. The second-order valence-electron chi connectivity index (χ2n) is 4.62. The predicted octanol–water partition coefficient (Wildman–Crippen LogP) is 2.54. The molecular formula is C14H19NO. The van der Waals surface area contributed by atoms with Crippen molar-refractivity contribution in [3.63, 3.8) is 0 Å². The average molecular weight is 217 g/mol. The highest BCUT2D eigenvalue weighted by molar-refractivity contribution is 5.78. The number of benzene rings is 1. The van der Waals surface area contributed by atoms with E-state index in [-0.39, 0.29) is 5.91 Å². The highest BCUT2D eigenvalue weighted by Gasteiger charge is 2.15. The molecule has 1 saturated carbocycles. The third-order valence-corrected chi connectivity index (χ3v) is 3.27. The van der Waals surface area contributed by atoms with E-state index in [2.05, 4.69) is 5.32 Å². The number of rotatable bonds is 4. The molecule has 0 bridgehead atoms. The van der Waals surface area contributed by atoms with Crippen molar-refractivity contribution in [2.45, 2.75) is 32.1 Å². The van der Waals surface area contributed by atoms with Gasteiger partial charge in [0.15, 0.2) is 0 Å². The summed E-state index contributed by atoms with van der Waals surface area (Å²) in [6, 6.07) is 9.91. The van der Waals surface area contributed by atoms with E-state index in [0.29, 0.717) is 6.42 Å². The van der Waals surface area contributed by atoms with Gasteiger partial charge >= 0.3 is 0 Å². The monoisotopic (exact) mass is 217 g/mol. The Morgan fingerprint density at radius 1 is 1.19 bits per heavy atom. The summed E-state index contributed by atoms with van der Waals surface area (Å²) in [6.45, 7) is 0.867. The molecule has 2 heteroatoms. The lowest BCUT2D eigenvalue weighted by Crippen LogP contribution is -2.29. The second kappa shape index (κ2) is 5.69. The van der Waals surface area contributed by atoms with Gasteiger partial charge in [0, 0.05) is 6.54 Å². The maximum absolute atomic E-state index is 11.7. The summed E-state index contributed by atoms with van der Waals surface area (Å²) in [5.74, 6) is 0.873. The van der Waals surface area contributed by atoms with E-state index in [0.717, 1.165) is 18.0 Å². The topological polar surface area (TPSA) is 29.1 Å². The van der Waals surface area contributed by atoms with Crippen LogP contribution in [0.2, 0.25) is 0 Å². The van der Waals surface area contributed by atoms with Gasteiger partial charge in [0.25, 0.3) is 0 Å². The van der Waals surface area contributed by atoms with Crippen LogP contribution >= 0.6 is 0 Å². The normalized spacial score (nSPS) is 16.2. The van der Waals surface area contributed by atoms with Gasteiger partial charge in [0.05, 0.1) is 6.42 Å². The Bertz CT molecular complexity index is 328. The molecule has 1 aromatic rings. The zero-order valence-corrected chi connectivity index (χ0v) is 9.61. The highest BCUT2D eigenvalue weighted by Crippen LogP contribution is 2.23. The maximum Gasteiger partial charge on any atom is 0.224 e. The van der Waals surface area contributed by atoms with Crippen LogP contribution in [0.1, 0.15) is 31.2 Å². The lowest BCUT2D eigenvalue weighted by Gasteiger charge is -2.10. The number of hydrogen-bond acceptors (Lipinski definition) is 1. The lowest BCUT2D eigenvalue weighted by molar-refractivity contribution is -0.120. The fourth-order valence-electron chi connectivity index (χ4n) is 2.32. The van der Waals surface area contributed by atoms with E-state index in [4.69, 9.17) is 0 Å². The van der Waals surface area contributed by atoms with Gasteiger partial charge in [-0.1, -0.05) is 43.2 Å². The third kappa shape index (κ3) is 3.37.